The number of hydrogen-bond donors (Lipinski definition) is 1. The van der Waals surface area contributed by atoms with E-state index in [-0.39, 0.29) is 0 Å². The van der Waals surface area contributed by atoms with Crippen molar-refractivity contribution in [3.8, 4) is 0 Å². The van der Waals surface area contributed by atoms with E-state index in [0.717, 1.165) is 30.3 Å². The van der Waals surface area contributed by atoms with Gasteiger partial charge in [-0.25, -0.2) is 4.98 Å². The first kappa shape index (κ1) is 14.5. The van der Waals surface area contributed by atoms with E-state index in [1.54, 1.807) is 18.4 Å². The number of rotatable bonds is 4. The zero-order valence-electron chi connectivity index (χ0n) is 12.8. The van der Waals surface area contributed by atoms with E-state index in [1.807, 2.05) is 7.05 Å². The van der Waals surface area contributed by atoms with Crippen LogP contribution in [-0.4, -0.2) is 43.8 Å². The third-order valence-corrected chi connectivity index (χ3v) is 4.88. The number of nitrogens with one attached hydrogen (secondary N) is 1. The van der Waals surface area contributed by atoms with Crippen LogP contribution in [0.3, 0.4) is 0 Å². The molecule has 1 fully saturated rings. The van der Waals surface area contributed by atoms with Gasteiger partial charge in [-0.15, -0.1) is 11.3 Å². The lowest BCUT2D eigenvalue weighted by atomic mass is 9.99. The number of aromatic nitrogens is 2. The standard InChI is InChI=1S/C15H22N4OS/c1-10-7-12-13(17-15(16-2)18-14(12)21-10)19-6-4-5-11(8-19)9-20-3/h7,11H,4-6,8-9H2,1-3H3,(H,16,17,18). The van der Waals surface area contributed by atoms with Crippen LogP contribution >= 0.6 is 11.3 Å². The summed E-state index contributed by atoms with van der Waals surface area (Å²) in [7, 11) is 3.65. The first-order valence-electron chi connectivity index (χ1n) is 7.41. The number of piperidine rings is 1. The monoisotopic (exact) mass is 306 g/mol. The Morgan fingerprint density at radius 1 is 1.48 bits per heavy atom. The van der Waals surface area contributed by atoms with E-state index >= 15 is 0 Å². The molecule has 3 rings (SSSR count). The van der Waals surface area contributed by atoms with Gasteiger partial charge in [0.2, 0.25) is 5.95 Å². The van der Waals surface area contributed by atoms with E-state index < -0.39 is 0 Å². The Bertz CT molecular complexity index is 625. The molecule has 6 heteroatoms. The molecular formula is C15H22N4OS. The molecule has 0 saturated carbocycles. The van der Waals surface area contributed by atoms with Crippen molar-refractivity contribution in [1.29, 1.82) is 0 Å². The van der Waals surface area contributed by atoms with Crippen molar-refractivity contribution in [2.75, 3.05) is 44.1 Å². The Balaban J connectivity index is 1.97. The molecule has 1 aliphatic rings. The summed E-state index contributed by atoms with van der Waals surface area (Å²) in [6.45, 7) is 5.02. The molecule has 1 atom stereocenters. The second kappa shape index (κ2) is 6.15. The van der Waals surface area contributed by atoms with Crippen LogP contribution in [-0.2, 0) is 4.74 Å². The summed E-state index contributed by atoms with van der Waals surface area (Å²) in [6.07, 6.45) is 2.43. The topological polar surface area (TPSA) is 50.3 Å². The molecule has 0 amide bonds. The Labute approximate surface area is 129 Å². The van der Waals surface area contributed by atoms with E-state index in [4.69, 9.17) is 9.72 Å². The molecule has 1 aliphatic heterocycles. The zero-order chi connectivity index (χ0) is 14.8. The lowest BCUT2D eigenvalue weighted by Crippen LogP contribution is -2.37. The molecule has 1 unspecified atom stereocenters. The van der Waals surface area contributed by atoms with Crippen LogP contribution in [0.5, 0.6) is 0 Å². The molecule has 2 aromatic heterocycles. The van der Waals surface area contributed by atoms with Crippen molar-refractivity contribution in [3.63, 3.8) is 0 Å². The molecule has 0 aliphatic carbocycles. The van der Waals surface area contributed by atoms with Crippen molar-refractivity contribution >= 4 is 33.3 Å². The SMILES string of the molecule is CNc1nc(N2CCCC(COC)C2)c2cc(C)sc2n1. The molecule has 0 radical (unpaired) electrons. The normalized spacial score (nSPS) is 19.2. The Hall–Kier alpha value is -1.40. The third kappa shape index (κ3) is 2.96. The maximum atomic E-state index is 5.33. The van der Waals surface area contributed by atoms with Gasteiger partial charge in [-0.05, 0) is 31.7 Å². The molecule has 0 bridgehead atoms. The summed E-state index contributed by atoms with van der Waals surface area (Å²) in [6, 6.07) is 2.20. The predicted octanol–water partition coefficient (Wildman–Crippen LogP) is 2.90. The van der Waals surface area contributed by atoms with Gasteiger partial charge in [-0.1, -0.05) is 0 Å². The lowest BCUT2D eigenvalue weighted by molar-refractivity contribution is 0.143. The number of aryl methyl sites for hydroxylation is 1. The van der Waals surface area contributed by atoms with Crippen molar-refractivity contribution < 1.29 is 4.74 Å². The van der Waals surface area contributed by atoms with Crippen LogP contribution in [0.1, 0.15) is 17.7 Å². The average Bonchev–Trinajstić information content (AvgIpc) is 2.86. The van der Waals surface area contributed by atoms with Gasteiger partial charge in [0.1, 0.15) is 10.6 Å². The van der Waals surface area contributed by atoms with E-state index in [1.165, 1.54) is 23.1 Å². The predicted molar refractivity (Wildman–Crippen MR) is 88.5 cm³/mol. The number of thiophene rings is 1. The number of methoxy groups -OCH3 is 1. The van der Waals surface area contributed by atoms with Crippen molar-refractivity contribution in [2.24, 2.45) is 5.92 Å². The van der Waals surface area contributed by atoms with Gasteiger partial charge in [0.25, 0.3) is 0 Å². The average molecular weight is 306 g/mol. The molecule has 2 aromatic rings. The Morgan fingerprint density at radius 2 is 2.33 bits per heavy atom. The van der Waals surface area contributed by atoms with E-state index in [9.17, 15) is 0 Å². The van der Waals surface area contributed by atoms with Crippen LogP contribution in [0, 0.1) is 12.8 Å². The van der Waals surface area contributed by atoms with E-state index in [2.05, 4.69) is 28.2 Å². The summed E-state index contributed by atoms with van der Waals surface area (Å²) in [5, 5.41) is 4.25. The maximum absolute atomic E-state index is 5.33. The number of ether oxygens (including phenoxy) is 1. The largest absolute Gasteiger partial charge is 0.384 e. The smallest absolute Gasteiger partial charge is 0.225 e. The summed E-state index contributed by atoms with van der Waals surface area (Å²) in [4.78, 5) is 14.0. The highest BCUT2D eigenvalue weighted by Crippen LogP contribution is 2.33. The van der Waals surface area contributed by atoms with Gasteiger partial charge in [-0.3, -0.25) is 0 Å². The number of anilines is 2. The summed E-state index contributed by atoms with van der Waals surface area (Å²) in [5.41, 5.74) is 0. The quantitative estimate of drug-likeness (QED) is 0.941. The van der Waals surface area contributed by atoms with Gasteiger partial charge >= 0.3 is 0 Å². The summed E-state index contributed by atoms with van der Waals surface area (Å²) >= 11 is 1.73. The molecule has 0 aromatic carbocycles. The van der Waals surface area contributed by atoms with Crippen LogP contribution in [0.25, 0.3) is 10.2 Å². The second-order valence-electron chi connectivity index (χ2n) is 5.61. The molecular weight excluding hydrogens is 284 g/mol. The highest BCUT2D eigenvalue weighted by molar-refractivity contribution is 7.18. The molecule has 114 valence electrons. The summed E-state index contributed by atoms with van der Waals surface area (Å²) < 4.78 is 5.33. The fourth-order valence-electron chi connectivity index (χ4n) is 3.01. The van der Waals surface area contributed by atoms with Crippen LogP contribution < -0.4 is 10.2 Å². The first-order chi connectivity index (χ1) is 10.2. The van der Waals surface area contributed by atoms with Gasteiger partial charge in [0, 0.05) is 32.1 Å². The molecule has 1 saturated heterocycles. The minimum Gasteiger partial charge on any atom is -0.384 e. The number of fused-ring (bicyclic) bond motifs is 1. The minimum atomic E-state index is 0.589. The van der Waals surface area contributed by atoms with Gasteiger partial charge < -0.3 is 15.0 Å². The zero-order valence-corrected chi connectivity index (χ0v) is 13.7. The van der Waals surface area contributed by atoms with Crippen LogP contribution in [0.2, 0.25) is 0 Å². The third-order valence-electron chi connectivity index (χ3n) is 3.94. The molecule has 5 nitrogen and oxygen atoms in total. The van der Waals surface area contributed by atoms with Crippen LogP contribution in [0.15, 0.2) is 6.07 Å². The van der Waals surface area contributed by atoms with Gasteiger partial charge in [0.05, 0.1) is 12.0 Å². The fourth-order valence-corrected chi connectivity index (χ4v) is 3.88. The van der Waals surface area contributed by atoms with Gasteiger partial charge in [-0.2, -0.15) is 4.98 Å². The second-order valence-corrected chi connectivity index (χ2v) is 6.84. The van der Waals surface area contributed by atoms with Crippen molar-refractivity contribution in [2.45, 2.75) is 19.8 Å². The maximum Gasteiger partial charge on any atom is 0.225 e. The summed E-state index contributed by atoms with van der Waals surface area (Å²) in [5.74, 6) is 2.36. The Morgan fingerprint density at radius 3 is 3.10 bits per heavy atom. The molecule has 0 spiro atoms. The Kier molecular flexibility index (Phi) is 4.26. The highest BCUT2D eigenvalue weighted by Gasteiger charge is 2.23. The van der Waals surface area contributed by atoms with Crippen molar-refractivity contribution in [1.82, 2.24) is 9.97 Å². The highest BCUT2D eigenvalue weighted by atomic mass is 32.1. The number of nitrogens with zero attached hydrogens (tertiary/aromatic N) is 3. The van der Waals surface area contributed by atoms with Crippen LogP contribution in [0.4, 0.5) is 11.8 Å². The molecule has 21 heavy (non-hydrogen) atoms. The number of hydrogen-bond acceptors (Lipinski definition) is 6. The molecule has 1 N–H and O–H groups in total. The van der Waals surface area contributed by atoms with Crippen molar-refractivity contribution in [3.05, 3.63) is 10.9 Å². The lowest BCUT2D eigenvalue weighted by Gasteiger charge is -2.33. The van der Waals surface area contributed by atoms with Gasteiger partial charge in [0.15, 0.2) is 0 Å². The van der Waals surface area contributed by atoms with E-state index in [0.29, 0.717) is 11.9 Å². The first-order valence-corrected chi connectivity index (χ1v) is 8.22. The fraction of sp³-hybridized carbons (Fsp3) is 0.600. The molecule has 3 heterocycles. The minimum absolute atomic E-state index is 0.589.